The maximum atomic E-state index is 13.8. The van der Waals surface area contributed by atoms with Crippen molar-refractivity contribution in [1.29, 1.82) is 0 Å². The number of rotatable bonds is 8. The van der Waals surface area contributed by atoms with Crippen LogP contribution in [-0.4, -0.2) is 51.8 Å². The summed E-state index contributed by atoms with van der Waals surface area (Å²) in [6.45, 7) is 5.19. The van der Waals surface area contributed by atoms with Crippen molar-refractivity contribution in [3.05, 3.63) is 35.1 Å². The number of nitrogens with one attached hydrogen (secondary N) is 2. The van der Waals surface area contributed by atoms with Gasteiger partial charge in [0.2, 0.25) is 0 Å². The Morgan fingerprint density at radius 1 is 1.30 bits per heavy atom. The topological polar surface area (TPSA) is 48.9 Å². The van der Waals surface area contributed by atoms with Crippen LogP contribution in [0, 0.1) is 5.82 Å². The van der Waals surface area contributed by atoms with E-state index in [1.165, 1.54) is 6.07 Å². The van der Waals surface area contributed by atoms with Crippen molar-refractivity contribution >= 4 is 29.9 Å². The molecule has 1 rings (SSSR count). The van der Waals surface area contributed by atoms with E-state index < -0.39 is 0 Å². The predicted octanol–water partition coefficient (Wildman–Crippen LogP) is 2.21. The molecule has 0 heterocycles. The standard InChI is InChI=1S/C16H27FN4O.HI/c1-5-18-16(19-8-9-22-4)20-11-13-6-7-15(17)14(10-13)12-21(2)3;/h6-7,10H,5,8-9,11-12H2,1-4H3,(H2,18,19,20);1H. The summed E-state index contributed by atoms with van der Waals surface area (Å²) in [5, 5.41) is 6.35. The van der Waals surface area contributed by atoms with Crippen LogP contribution in [0.4, 0.5) is 4.39 Å². The second-order valence-electron chi connectivity index (χ2n) is 5.28. The Morgan fingerprint density at radius 2 is 2.04 bits per heavy atom. The van der Waals surface area contributed by atoms with Gasteiger partial charge in [-0.15, -0.1) is 24.0 Å². The Bertz CT molecular complexity index is 483. The van der Waals surface area contributed by atoms with E-state index in [2.05, 4.69) is 15.6 Å². The van der Waals surface area contributed by atoms with E-state index in [1.807, 2.05) is 32.0 Å². The molecule has 0 saturated heterocycles. The molecular weight excluding hydrogens is 410 g/mol. The maximum Gasteiger partial charge on any atom is 0.191 e. The summed E-state index contributed by atoms with van der Waals surface area (Å²) in [7, 11) is 5.51. The van der Waals surface area contributed by atoms with Gasteiger partial charge < -0.3 is 20.3 Å². The zero-order valence-corrected chi connectivity index (χ0v) is 16.7. The third-order valence-electron chi connectivity index (χ3n) is 2.96. The Hall–Kier alpha value is -0.930. The summed E-state index contributed by atoms with van der Waals surface area (Å²) in [5.41, 5.74) is 1.68. The van der Waals surface area contributed by atoms with E-state index in [1.54, 1.807) is 13.2 Å². The lowest BCUT2D eigenvalue weighted by Gasteiger charge is -2.13. The molecule has 2 N–H and O–H groups in total. The van der Waals surface area contributed by atoms with Gasteiger partial charge in [0.15, 0.2) is 5.96 Å². The van der Waals surface area contributed by atoms with E-state index in [9.17, 15) is 4.39 Å². The molecule has 0 atom stereocenters. The van der Waals surface area contributed by atoms with Crippen molar-refractivity contribution in [3.63, 3.8) is 0 Å². The fourth-order valence-corrected chi connectivity index (χ4v) is 1.97. The molecule has 132 valence electrons. The summed E-state index contributed by atoms with van der Waals surface area (Å²) in [5.74, 6) is 0.560. The second-order valence-corrected chi connectivity index (χ2v) is 5.28. The summed E-state index contributed by atoms with van der Waals surface area (Å²) in [4.78, 5) is 6.45. The fraction of sp³-hybridized carbons (Fsp3) is 0.562. The van der Waals surface area contributed by atoms with Crippen molar-refractivity contribution in [2.45, 2.75) is 20.0 Å². The molecule has 0 amide bonds. The van der Waals surface area contributed by atoms with Gasteiger partial charge >= 0.3 is 0 Å². The highest BCUT2D eigenvalue weighted by molar-refractivity contribution is 14.0. The molecule has 0 aromatic heterocycles. The van der Waals surface area contributed by atoms with Gasteiger partial charge in [0, 0.05) is 32.3 Å². The first-order chi connectivity index (χ1) is 10.6. The smallest absolute Gasteiger partial charge is 0.191 e. The van der Waals surface area contributed by atoms with Gasteiger partial charge in [0.05, 0.1) is 13.2 Å². The molecule has 0 spiro atoms. The quantitative estimate of drug-likeness (QED) is 0.283. The van der Waals surface area contributed by atoms with Crippen molar-refractivity contribution in [1.82, 2.24) is 15.5 Å². The predicted molar refractivity (Wildman–Crippen MR) is 104 cm³/mol. The zero-order chi connectivity index (χ0) is 16.4. The molecule has 0 saturated carbocycles. The molecule has 1 aromatic carbocycles. The lowest BCUT2D eigenvalue weighted by atomic mass is 10.1. The number of guanidine groups is 1. The molecule has 0 fully saturated rings. The first-order valence-electron chi connectivity index (χ1n) is 7.50. The number of hydrogen-bond acceptors (Lipinski definition) is 3. The molecule has 0 radical (unpaired) electrons. The van der Waals surface area contributed by atoms with Gasteiger partial charge in [-0.3, -0.25) is 0 Å². The number of benzene rings is 1. The van der Waals surface area contributed by atoms with E-state index in [4.69, 9.17) is 4.74 Å². The molecule has 0 bridgehead atoms. The molecule has 7 heteroatoms. The van der Waals surface area contributed by atoms with Crippen molar-refractivity contribution in [2.75, 3.05) is 40.9 Å². The van der Waals surface area contributed by atoms with Crippen LogP contribution in [-0.2, 0) is 17.8 Å². The van der Waals surface area contributed by atoms with E-state index >= 15 is 0 Å². The monoisotopic (exact) mass is 438 g/mol. The second kappa shape index (κ2) is 12.5. The number of aliphatic imine (C=N–C) groups is 1. The van der Waals surface area contributed by atoms with Gasteiger partial charge in [-0.2, -0.15) is 0 Å². The van der Waals surface area contributed by atoms with Crippen LogP contribution in [0.3, 0.4) is 0 Å². The van der Waals surface area contributed by atoms with Gasteiger partial charge in [-0.25, -0.2) is 9.38 Å². The normalized spacial score (nSPS) is 11.3. The van der Waals surface area contributed by atoms with Crippen LogP contribution in [0.15, 0.2) is 23.2 Å². The molecular formula is C16H28FIN4O. The minimum absolute atomic E-state index is 0. The highest BCUT2D eigenvalue weighted by atomic mass is 127. The third-order valence-corrected chi connectivity index (χ3v) is 2.96. The highest BCUT2D eigenvalue weighted by Crippen LogP contribution is 2.13. The lowest BCUT2D eigenvalue weighted by Crippen LogP contribution is -2.38. The molecule has 0 unspecified atom stereocenters. The van der Waals surface area contributed by atoms with Gasteiger partial charge in [-0.1, -0.05) is 6.07 Å². The van der Waals surface area contributed by atoms with Crippen LogP contribution < -0.4 is 10.6 Å². The summed E-state index contributed by atoms with van der Waals surface area (Å²) in [6, 6.07) is 5.16. The number of nitrogens with zero attached hydrogens (tertiary/aromatic N) is 2. The third kappa shape index (κ3) is 9.07. The Kier molecular flexibility index (Phi) is 12.0. The molecule has 23 heavy (non-hydrogen) atoms. The van der Waals surface area contributed by atoms with E-state index in [0.29, 0.717) is 31.8 Å². The van der Waals surface area contributed by atoms with Crippen molar-refractivity contribution in [3.8, 4) is 0 Å². The van der Waals surface area contributed by atoms with Crippen LogP contribution in [0.5, 0.6) is 0 Å². The van der Waals surface area contributed by atoms with Crippen molar-refractivity contribution < 1.29 is 9.13 Å². The van der Waals surface area contributed by atoms with Crippen LogP contribution in [0.25, 0.3) is 0 Å². The fourth-order valence-electron chi connectivity index (χ4n) is 1.97. The minimum atomic E-state index is -0.174. The van der Waals surface area contributed by atoms with E-state index in [-0.39, 0.29) is 29.8 Å². The summed E-state index contributed by atoms with van der Waals surface area (Å²) in [6.07, 6.45) is 0. The van der Waals surface area contributed by atoms with Gasteiger partial charge in [0.25, 0.3) is 0 Å². The first-order valence-corrected chi connectivity index (χ1v) is 7.50. The first kappa shape index (κ1) is 22.1. The number of ether oxygens (including phenoxy) is 1. The largest absolute Gasteiger partial charge is 0.383 e. The lowest BCUT2D eigenvalue weighted by molar-refractivity contribution is 0.203. The molecule has 1 aromatic rings. The Labute approximate surface area is 155 Å². The molecule has 5 nitrogen and oxygen atoms in total. The molecule has 0 aliphatic rings. The minimum Gasteiger partial charge on any atom is -0.383 e. The Morgan fingerprint density at radius 3 is 2.65 bits per heavy atom. The van der Waals surface area contributed by atoms with Crippen molar-refractivity contribution in [2.24, 2.45) is 4.99 Å². The number of methoxy groups -OCH3 is 1. The van der Waals surface area contributed by atoms with Gasteiger partial charge in [-0.05, 0) is 38.7 Å². The van der Waals surface area contributed by atoms with Crippen LogP contribution >= 0.6 is 24.0 Å². The SMILES string of the molecule is CCNC(=NCc1ccc(F)c(CN(C)C)c1)NCCOC.I. The maximum absolute atomic E-state index is 13.8. The van der Waals surface area contributed by atoms with Crippen LogP contribution in [0.1, 0.15) is 18.1 Å². The summed E-state index contributed by atoms with van der Waals surface area (Å²) < 4.78 is 18.8. The Balaban J connectivity index is 0.00000484. The number of halogens is 2. The highest BCUT2D eigenvalue weighted by Gasteiger charge is 2.05. The average Bonchev–Trinajstić information content (AvgIpc) is 2.47. The number of hydrogen-bond donors (Lipinski definition) is 2. The summed E-state index contributed by atoms with van der Waals surface area (Å²) >= 11 is 0. The zero-order valence-electron chi connectivity index (χ0n) is 14.4. The molecule has 0 aliphatic carbocycles. The average molecular weight is 438 g/mol. The van der Waals surface area contributed by atoms with Crippen LogP contribution in [0.2, 0.25) is 0 Å². The van der Waals surface area contributed by atoms with E-state index in [0.717, 1.165) is 18.1 Å². The molecule has 0 aliphatic heterocycles. The van der Waals surface area contributed by atoms with Gasteiger partial charge in [0.1, 0.15) is 5.82 Å².